The van der Waals surface area contributed by atoms with Crippen LogP contribution in [-0.4, -0.2) is 40.5 Å². The predicted molar refractivity (Wildman–Crippen MR) is 102 cm³/mol. The van der Waals surface area contributed by atoms with Gasteiger partial charge in [-0.3, -0.25) is 9.20 Å². The molecule has 0 spiro atoms. The van der Waals surface area contributed by atoms with Gasteiger partial charge in [-0.05, 0) is 18.2 Å². The van der Waals surface area contributed by atoms with E-state index in [0.717, 1.165) is 28.4 Å². The van der Waals surface area contributed by atoms with E-state index in [1.54, 1.807) is 18.2 Å². The second-order valence-electron chi connectivity index (χ2n) is 5.65. The van der Waals surface area contributed by atoms with Gasteiger partial charge in [0, 0.05) is 12.3 Å². The van der Waals surface area contributed by atoms with Crippen LogP contribution in [0.25, 0.3) is 5.65 Å². The molecule has 2 aromatic heterocycles. The van der Waals surface area contributed by atoms with Gasteiger partial charge in [0.15, 0.2) is 10.8 Å². The number of amides is 1. The molecule has 0 bridgehead atoms. The van der Waals surface area contributed by atoms with Crippen LogP contribution in [0, 0.1) is 0 Å². The highest BCUT2D eigenvalue weighted by molar-refractivity contribution is 7.99. The van der Waals surface area contributed by atoms with E-state index >= 15 is 0 Å². The van der Waals surface area contributed by atoms with Crippen LogP contribution < -0.4 is 14.8 Å². The number of nitrogens with one attached hydrogen (secondary N) is 1. The van der Waals surface area contributed by atoms with Crippen LogP contribution >= 0.6 is 23.4 Å². The molecule has 0 atom stereocenters. The van der Waals surface area contributed by atoms with Crippen molar-refractivity contribution >= 4 is 40.6 Å². The number of aromatic nitrogens is 3. The molecular weight excluding hydrogens is 433 g/mol. The lowest BCUT2D eigenvalue weighted by atomic mass is 10.2. The summed E-state index contributed by atoms with van der Waals surface area (Å²) in [6.45, 7) is 0. The Bertz CT molecular complexity index is 1060. The number of nitrogens with zero attached hydrogens (tertiary/aromatic N) is 3. The number of hydrogen-bond acceptors (Lipinski definition) is 6. The van der Waals surface area contributed by atoms with Gasteiger partial charge in [-0.25, -0.2) is 0 Å². The minimum Gasteiger partial charge on any atom is -0.497 e. The molecule has 0 fully saturated rings. The van der Waals surface area contributed by atoms with Gasteiger partial charge in [0.25, 0.3) is 0 Å². The standard InChI is InChI=1S/C17H14ClF3N4O3S/c1-27-10-3-4-12(13(6-10)28-2)22-14(26)8-29-16-24-23-15-11(18)5-9(7-25(15)16)17(19,20)21/h3-7H,8H2,1-2H3,(H,22,26). The first-order valence-corrected chi connectivity index (χ1v) is 9.35. The quantitative estimate of drug-likeness (QED) is 0.573. The average Bonchev–Trinajstić information content (AvgIpc) is 3.09. The number of fused-ring (bicyclic) bond motifs is 1. The van der Waals surface area contributed by atoms with Gasteiger partial charge in [-0.15, -0.1) is 10.2 Å². The maximum atomic E-state index is 13.0. The second kappa shape index (κ2) is 8.37. The highest BCUT2D eigenvalue weighted by atomic mass is 35.5. The van der Waals surface area contributed by atoms with Crippen molar-refractivity contribution in [1.82, 2.24) is 14.6 Å². The predicted octanol–water partition coefficient (Wildman–Crippen LogP) is 4.15. The van der Waals surface area contributed by atoms with Crippen molar-refractivity contribution < 1.29 is 27.4 Å². The minimum absolute atomic E-state index is 0.0689. The maximum absolute atomic E-state index is 13.0. The van der Waals surface area contributed by atoms with E-state index in [2.05, 4.69) is 15.5 Å². The third-order valence-corrected chi connectivity index (χ3v) is 4.99. The van der Waals surface area contributed by atoms with Crippen molar-refractivity contribution in [1.29, 1.82) is 0 Å². The van der Waals surface area contributed by atoms with E-state index in [4.69, 9.17) is 21.1 Å². The lowest BCUT2D eigenvalue weighted by Gasteiger charge is -2.11. The summed E-state index contributed by atoms with van der Waals surface area (Å²) in [5, 5.41) is 10.2. The van der Waals surface area contributed by atoms with Crippen molar-refractivity contribution in [3.63, 3.8) is 0 Å². The number of thioether (sulfide) groups is 1. The molecule has 0 aliphatic rings. The highest BCUT2D eigenvalue weighted by Crippen LogP contribution is 2.33. The normalized spacial score (nSPS) is 11.5. The molecule has 12 heteroatoms. The number of hydrogen-bond donors (Lipinski definition) is 1. The number of halogens is 4. The number of anilines is 1. The zero-order valence-electron chi connectivity index (χ0n) is 15.1. The molecule has 0 aliphatic heterocycles. The molecular formula is C17H14ClF3N4O3S. The molecule has 0 saturated heterocycles. The number of carbonyl (C=O) groups is 1. The number of pyridine rings is 1. The molecule has 0 radical (unpaired) electrons. The van der Waals surface area contributed by atoms with Gasteiger partial charge in [-0.1, -0.05) is 23.4 Å². The Balaban J connectivity index is 1.75. The van der Waals surface area contributed by atoms with Gasteiger partial charge >= 0.3 is 6.18 Å². The van der Waals surface area contributed by atoms with E-state index in [1.807, 2.05) is 0 Å². The lowest BCUT2D eigenvalue weighted by molar-refractivity contribution is -0.137. The molecule has 154 valence electrons. The number of carbonyl (C=O) groups excluding carboxylic acids is 1. The number of benzene rings is 1. The van der Waals surface area contributed by atoms with Crippen LogP contribution in [0.4, 0.5) is 18.9 Å². The molecule has 0 unspecified atom stereocenters. The van der Waals surface area contributed by atoms with Gasteiger partial charge in [-0.2, -0.15) is 13.2 Å². The average molecular weight is 447 g/mol. The highest BCUT2D eigenvalue weighted by Gasteiger charge is 2.32. The molecule has 2 heterocycles. The molecule has 1 amide bonds. The van der Waals surface area contributed by atoms with E-state index in [-0.39, 0.29) is 21.6 Å². The van der Waals surface area contributed by atoms with E-state index in [9.17, 15) is 18.0 Å². The van der Waals surface area contributed by atoms with E-state index in [0.29, 0.717) is 17.2 Å². The fourth-order valence-corrected chi connectivity index (χ4v) is 3.36. The molecule has 0 aliphatic carbocycles. The Morgan fingerprint density at radius 2 is 2.00 bits per heavy atom. The SMILES string of the molecule is COc1ccc(NC(=O)CSc2nnc3c(Cl)cc(C(F)(F)F)cn23)c(OC)c1. The summed E-state index contributed by atoms with van der Waals surface area (Å²) in [5.41, 5.74) is -0.448. The monoisotopic (exact) mass is 446 g/mol. The zero-order valence-corrected chi connectivity index (χ0v) is 16.7. The van der Waals surface area contributed by atoms with Crippen LogP contribution in [0.1, 0.15) is 5.56 Å². The summed E-state index contributed by atoms with van der Waals surface area (Å²) in [6, 6.07) is 5.65. The van der Waals surface area contributed by atoms with Crippen LogP contribution in [-0.2, 0) is 11.0 Å². The smallest absolute Gasteiger partial charge is 0.417 e. The third kappa shape index (κ3) is 4.67. The molecule has 29 heavy (non-hydrogen) atoms. The van der Waals surface area contributed by atoms with E-state index < -0.39 is 17.6 Å². The molecule has 7 nitrogen and oxygen atoms in total. The first-order chi connectivity index (χ1) is 13.7. The van der Waals surface area contributed by atoms with E-state index in [1.165, 1.54) is 14.2 Å². The van der Waals surface area contributed by atoms with Gasteiger partial charge in [0.2, 0.25) is 5.91 Å². The summed E-state index contributed by atoms with van der Waals surface area (Å²) in [4.78, 5) is 12.3. The molecule has 0 saturated carbocycles. The Hall–Kier alpha value is -2.66. The van der Waals surface area contributed by atoms with Crippen LogP contribution in [0.15, 0.2) is 35.6 Å². The summed E-state index contributed by atoms with van der Waals surface area (Å²) in [6.07, 6.45) is -3.74. The summed E-state index contributed by atoms with van der Waals surface area (Å²) < 4.78 is 50.4. The van der Waals surface area contributed by atoms with Crippen molar-refractivity contribution in [3.8, 4) is 11.5 Å². The molecule has 3 aromatic rings. The van der Waals surface area contributed by atoms with Gasteiger partial charge < -0.3 is 14.8 Å². The lowest BCUT2D eigenvalue weighted by Crippen LogP contribution is -2.15. The number of ether oxygens (including phenoxy) is 2. The minimum atomic E-state index is -4.58. The van der Waals surface area contributed by atoms with Crippen LogP contribution in [0.5, 0.6) is 11.5 Å². The number of alkyl halides is 3. The van der Waals surface area contributed by atoms with Crippen molar-refractivity contribution in [2.24, 2.45) is 0 Å². The zero-order chi connectivity index (χ0) is 21.2. The van der Waals surface area contributed by atoms with Gasteiger partial charge in [0.1, 0.15) is 11.5 Å². The first-order valence-electron chi connectivity index (χ1n) is 7.99. The Morgan fingerprint density at radius 3 is 2.66 bits per heavy atom. The Labute approximate surface area is 172 Å². The van der Waals surface area contributed by atoms with Gasteiger partial charge in [0.05, 0.1) is 36.2 Å². The largest absolute Gasteiger partial charge is 0.497 e. The second-order valence-corrected chi connectivity index (χ2v) is 7.00. The third-order valence-electron chi connectivity index (χ3n) is 3.77. The fraction of sp³-hybridized carbons (Fsp3) is 0.235. The molecule has 1 N–H and O–H groups in total. The maximum Gasteiger partial charge on any atom is 0.417 e. The van der Waals surface area contributed by atoms with Crippen molar-refractivity contribution in [3.05, 3.63) is 41.0 Å². The Morgan fingerprint density at radius 1 is 1.24 bits per heavy atom. The van der Waals surface area contributed by atoms with Crippen LogP contribution in [0.3, 0.4) is 0 Å². The van der Waals surface area contributed by atoms with Crippen LogP contribution in [0.2, 0.25) is 5.02 Å². The van der Waals surface area contributed by atoms with Crippen molar-refractivity contribution in [2.45, 2.75) is 11.3 Å². The first kappa shape index (κ1) is 21.1. The Kier molecular flexibility index (Phi) is 6.08. The topological polar surface area (TPSA) is 77.8 Å². The van der Waals surface area contributed by atoms with Crippen molar-refractivity contribution in [2.75, 3.05) is 25.3 Å². The summed E-state index contributed by atoms with van der Waals surface area (Å²) >= 11 is 6.79. The molecule has 1 aromatic carbocycles. The summed E-state index contributed by atoms with van der Waals surface area (Å²) in [5.74, 6) is 0.427. The summed E-state index contributed by atoms with van der Waals surface area (Å²) in [7, 11) is 2.95. The fourth-order valence-electron chi connectivity index (χ4n) is 2.41. The number of rotatable bonds is 6. The number of methoxy groups -OCH3 is 2. The molecule has 3 rings (SSSR count).